The van der Waals surface area contributed by atoms with Crippen molar-refractivity contribution in [2.75, 3.05) is 13.2 Å². The van der Waals surface area contributed by atoms with Gasteiger partial charge in [-0.25, -0.2) is 0 Å². The molecule has 334 valence electrons. The quantitative estimate of drug-likeness (QED) is 0.0389. The SMILES string of the molecule is CCCCCCCCCCCCCCCCCCCCCCCC(=O)N[C@H](CCCCCCCCCCCCCCCC)CO[C@H]1O[C@@H](CO)[C@H](O)[C@H](O)[C@@H]1O. The van der Waals surface area contributed by atoms with Crippen molar-refractivity contribution in [3.05, 3.63) is 0 Å². The average Bonchev–Trinajstić information content (AvgIpc) is 3.20. The normalized spacial score (nSPS) is 20.4. The average molecular weight is 798 g/mol. The summed E-state index contributed by atoms with van der Waals surface area (Å²) >= 11 is 0. The Morgan fingerprint density at radius 1 is 0.500 bits per heavy atom. The Morgan fingerprint density at radius 3 is 1.20 bits per heavy atom. The highest BCUT2D eigenvalue weighted by atomic mass is 16.7. The first kappa shape index (κ1) is 53.2. The number of carbonyl (C=O) groups is 1. The molecule has 8 heteroatoms. The Hall–Kier alpha value is -0.770. The lowest BCUT2D eigenvalue weighted by molar-refractivity contribution is -0.302. The highest BCUT2D eigenvalue weighted by molar-refractivity contribution is 5.76. The van der Waals surface area contributed by atoms with Crippen LogP contribution < -0.4 is 5.32 Å². The topological polar surface area (TPSA) is 128 Å². The van der Waals surface area contributed by atoms with E-state index < -0.39 is 37.3 Å². The molecule has 0 spiro atoms. The van der Waals surface area contributed by atoms with Gasteiger partial charge in [-0.2, -0.15) is 0 Å². The number of hydrogen-bond acceptors (Lipinski definition) is 7. The van der Waals surface area contributed by atoms with E-state index in [4.69, 9.17) is 9.47 Å². The van der Waals surface area contributed by atoms with Gasteiger partial charge in [0.2, 0.25) is 5.91 Å². The minimum atomic E-state index is -1.48. The van der Waals surface area contributed by atoms with Gasteiger partial charge in [0.25, 0.3) is 0 Å². The Morgan fingerprint density at radius 2 is 0.839 bits per heavy atom. The number of rotatable bonds is 42. The monoisotopic (exact) mass is 798 g/mol. The first-order valence-corrected chi connectivity index (χ1v) is 24.7. The van der Waals surface area contributed by atoms with Gasteiger partial charge in [-0.15, -0.1) is 0 Å². The smallest absolute Gasteiger partial charge is 0.220 e. The van der Waals surface area contributed by atoms with Crippen molar-refractivity contribution in [3.8, 4) is 0 Å². The molecular weight excluding hydrogens is 703 g/mol. The third-order valence-corrected chi connectivity index (χ3v) is 12.1. The maximum absolute atomic E-state index is 13.0. The van der Waals surface area contributed by atoms with E-state index in [1.807, 2.05) is 0 Å². The Bertz CT molecular complexity index is 829. The standard InChI is InChI=1S/C48H95NO7/c1-3-5-7-9-11-13-15-17-19-20-21-22-23-24-25-27-29-31-33-35-37-39-44(51)49-42(41-55-48-47(54)46(53)45(52)43(40-50)56-48)38-36-34-32-30-28-26-18-16-14-12-10-8-6-4-2/h42-43,45-48,50,52-54H,3-41H2,1-2H3,(H,49,51)/t42-,43+,45+,46+,47+,48+/m1/s1. The lowest BCUT2D eigenvalue weighted by Gasteiger charge is -2.40. The van der Waals surface area contributed by atoms with Gasteiger partial charge in [-0.3, -0.25) is 4.79 Å². The summed E-state index contributed by atoms with van der Waals surface area (Å²) in [6.45, 7) is 4.19. The molecule has 1 heterocycles. The second kappa shape index (κ2) is 39.7. The van der Waals surface area contributed by atoms with Gasteiger partial charge in [-0.1, -0.05) is 232 Å². The number of hydrogen-bond donors (Lipinski definition) is 5. The molecule has 0 aromatic rings. The van der Waals surface area contributed by atoms with Gasteiger partial charge < -0.3 is 35.2 Å². The van der Waals surface area contributed by atoms with Gasteiger partial charge in [0.15, 0.2) is 6.29 Å². The molecule has 1 fully saturated rings. The molecule has 1 amide bonds. The third kappa shape index (κ3) is 30.3. The van der Waals surface area contributed by atoms with Crippen LogP contribution in [0, 0.1) is 0 Å². The number of amides is 1. The van der Waals surface area contributed by atoms with Crippen molar-refractivity contribution < 1.29 is 34.7 Å². The molecule has 0 radical (unpaired) electrons. The molecule has 56 heavy (non-hydrogen) atoms. The van der Waals surface area contributed by atoms with Crippen LogP contribution in [0.4, 0.5) is 0 Å². The van der Waals surface area contributed by atoms with Crippen LogP contribution in [0.15, 0.2) is 0 Å². The maximum atomic E-state index is 13.0. The minimum Gasteiger partial charge on any atom is -0.394 e. The number of aliphatic hydroxyl groups excluding tert-OH is 4. The van der Waals surface area contributed by atoms with Gasteiger partial charge in [0.1, 0.15) is 24.4 Å². The molecule has 0 saturated carbocycles. The summed E-state index contributed by atoms with van der Waals surface area (Å²) in [4.78, 5) is 13.0. The number of nitrogens with one attached hydrogen (secondary N) is 1. The van der Waals surface area contributed by atoms with E-state index in [1.165, 1.54) is 199 Å². The lowest BCUT2D eigenvalue weighted by Crippen LogP contribution is -2.59. The molecule has 1 saturated heterocycles. The maximum Gasteiger partial charge on any atom is 0.220 e. The van der Waals surface area contributed by atoms with E-state index in [9.17, 15) is 25.2 Å². The molecule has 0 unspecified atom stereocenters. The van der Waals surface area contributed by atoms with Crippen LogP contribution in [0.3, 0.4) is 0 Å². The van der Waals surface area contributed by atoms with E-state index in [0.717, 1.165) is 32.1 Å². The first-order valence-electron chi connectivity index (χ1n) is 24.7. The fourth-order valence-electron chi connectivity index (χ4n) is 8.22. The Labute approximate surface area is 346 Å². The molecule has 6 atom stereocenters. The van der Waals surface area contributed by atoms with E-state index >= 15 is 0 Å². The summed E-state index contributed by atoms with van der Waals surface area (Å²) in [6.07, 6.45) is 40.9. The number of unbranched alkanes of at least 4 members (excludes halogenated alkanes) is 33. The third-order valence-electron chi connectivity index (χ3n) is 12.1. The molecule has 0 aromatic carbocycles. The van der Waals surface area contributed by atoms with Crippen LogP contribution in [-0.4, -0.2) is 76.3 Å². The predicted molar refractivity (Wildman–Crippen MR) is 234 cm³/mol. The molecule has 1 aliphatic heterocycles. The number of ether oxygens (including phenoxy) is 2. The van der Waals surface area contributed by atoms with E-state index in [2.05, 4.69) is 19.2 Å². The van der Waals surface area contributed by atoms with Crippen molar-refractivity contribution in [3.63, 3.8) is 0 Å². The molecule has 1 aliphatic rings. The van der Waals surface area contributed by atoms with Gasteiger partial charge in [0.05, 0.1) is 19.3 Å². The van der Waals surface area contributed by atoms with E-state index in [0.29, 0.717) is 6.42 Å². The van der Waals surface area contributed by atoms with Crippen LogP contribution in [0.1, 0.15) is 251 Å². The van der Waals surface area contributed by atoms with Crippen molar-refractivity contribution in [1.82, 2.24) is 5.32 Å². The first-order chi connectivity index (χ1) is 27.4. The molecule has 0 bridgehead atoms. The second-order valence-corrected chi connectivity index (χ2v) is 17.5. The van der Waals surface area contributed by atoms with Crippen molar-refractivity contribution in [2.24, 2.45) is 0 Å². The van der Waals surface area contributed by atoms with Gasteiger partial charge >= 0.3 is 0 Å². The van der Waals surface area contributed by atoms with E-state index in [-0.39, 0.29) is 18.6 Å². The zero-order valence-corrected chi connectivity index (χ0v) is 37.1. The van der Waals surface area contributed by atoms with Crippen LogP contribution in [-0.2, 0) is 14.3 Å². The fraction of sp³-hybridized carbons (Fsp3) is 0.979. The minimum absolute atomic E-state index is 0.0237. The predicted octanol–water partition coefficient (Wildman–Crippen LogP) is 11.8. The Balaban J connectivity index is 2.18. The summed E-state index contributed by atoms with van der Waals surface area (Å²) < 4.78 is 11.4. The van der Waals surface area contributed by atoms with Crippen LogP contribution in [0.5, 0.6) is 0 Å². The summed E-state index contributed by atoms with van der Waals surface area (Å²) in [7, 11) is 0. The lowest BCUT2D eigenvalue weighted by atomic mass is 9.99. The molecular formula is C48H95NO7. The molecule has 1 rings (SSSR count). The summed E-state index contributed by atoms with van der Waals surface area (Å²) in [5, 5.41) is 43.4. The van der Waals surface area contributed by atoms with Crippen LogP contribution >= 0.6 is 0 Å². The molecule has 0 aliphatic carbocycles. The van der Waals surface area contributed by atoms with Crippen LogP contribution in [0.25, 0.3) is 0 Å². The van der Waals surface area contributed by atoms with Crippen molar-refractivity contribution >= 4 is 5.91 Å². The van der Waals surface area contributed by atoms with Crippen molar-refractivity contribution in [2.45, 2.75) is 288 Å². The Kier molecular flexibility index (Phi) is 37.7. The molecule has 5 N–H and O–H groups in total. The second-order valence-electron chi connectivity index (χ2n) is 17.5. The van der Waals surface area contributed by atoms with Gasteiger partial charge in [0, 0.05) is 6.42 Å². The van der Waals surface area contributed by atoms with Crippen LogP contribution in [0.2, 0.25) is 0 Å². The number of carbonyl (C=O) groups excluding carboxylic acids is 1. The summed E-state index contributed by atoms with van der Waals surface area (Å²) in [6, 6.07) is -0.234. The fourth-order valence-corrected chi connectivity index (χ4v) is 8.22. The zero-order chi connectivity index (χ0) is 40.7. The highest BCUT2D eigenvalue weighted by Crippen LogP contribution is 2.23. The summed E-state index contributed by atoms with van der Waals surface area (Å²) in [5.74, 6) is 0.0237. The zero-order valence-electron chi connectivity index (χ0n) is 37.1. The van der Waals surface area contributed by atoms with Crippen molar-refractivity contribution in [1.29, 1.82) is 0 Å². The van der Waals surface area contributed by atoms with Gasteiger partial charge in [-0.05, 0) is 12.8 Å². The number of aliphatic hydroxyl groups is 4. The highest BCUT2D eigenvalue weighted by Gasteiger charge is 2.44. The summed E-state index contributed by atoms with van der Waals surface area (Å²) in [5.41, 5.74) is 0. The molecule has 8 nitrogen and oxygen atoms in total. The van der Waals surface area contributed by atoms with E-state index in [1.54, 1.807) is 0 Å². The molecule has 0 aromatic heterocycles. The largest absolute Gasteiger partial charge is 0.394 e.